The number of morpholine rings is 1. The lowest BCUT2D eigenvalue weighted by Gasteiger charge is -2.27. The second-order valence-corrected chi connectivity index (χ2v) is 7.81. The van der Waals surface area contributed by atoms with E-state index < -0.39 is 0 Å². The molecule has 0 spiro atoms. The van der Waals surface area contributed by atoms with Gasteiger partial charge in [0, 0.05) is 28.9 Å². The molecule has 3 heterocycles. The van der Waals surface area contributed by atoms with E-state index in [-0.39, 0.29) is 17.3 Å². The second-order valence-electron chi connectivity index (χ2n) is 6.55. The number of amides is 1. The van der Waals surface area contributed by atoms with E-state index in [0.717, 1.165) is 15.1 Å². The number of pyridine rings is 1. The summed E-state index contributed by atoms with van der Waals surface area (Å²) >= 11 is 1.46. The molecule has 1 amide bonds. The minimum Gasteiger partial charge on any atom is -0.378 e. The number of fused-ring (bicyclic) bond motifs is 1. The van der Waals surface area contributed by atoms with Crippen molar-refractivity contribution in [1.82, 2.24) is 9.47 Å². The molecule has 5 nitrogen and oxygen atoms in total. The number of hydrogen-bond donors (Lipinski definition) is 0. The van der Waals surface area contributed by atoms with Crippen LogP contribution in [0.4, 0.5) is 4.39 Å². The Morgan fingerprint density at radius 3 is 2.59 bits per heavy atom. The highest BCUT2D eigenvalue weighted by atomic mass is 32.1. The Morgan fingerprint density at radius 2 is 1.89 bits per heavy atom. The standard InChI is InChI=1S/C20H19FN2O3S/c1-13-17(19(24)22-8-10-26-11-9-22)18-16(27-13)6-7-23(20(18)25)12-14-2-4-15(21)5-3-14/h2-7H,8-12H2,1H3. The topological polar surface area (TPSA) is 51.5 Å². The lowest BCUT2D eigenvalue weighted by molar-refractivity contribution is 0.0304. The average molecular weight is 386 g/mol. The van der Waals surface area contributed by atoms with Crippen LogP contribution in [0.5, 0.6) is 0 Å². The molecule has 0 bridgehead atoms. The molecule has 0 N–H and O–H groups in total. The number of carbonyl (C=O) groups is 1. The molecule has 2 aromatic heterocycles. The predicted octanol–water partition coefficient (Wildman–Crippen LogP) is 3.03. The highest BCUT2D eigenvalue weighted by Gasteiger charge is 2.25. The third kappa shape index (κ3) is 3.40. The first-order valence-electron chi connectivity index (χ1n) is 8.78. The van der Waals surface area contributed by atoms with Crippen LogP contribution in [0, 0.1) is 12.7 Å². The maximum absolute atomic E-state index is 13.1. The van der Waals surface area contributed by atoms with Gasteiger partial charge in [-0.1, -0.05) is 12.1 Å². The number of carbonyl (C=O) groups excluding carboxylic acids is 1. The SMILES string of the molecule is Cc1sc2ccn(Cc3ccc(F)cc3)c(=O)c2c1C(=O)N1CCOCC1. The van der Waals surface area contributed by atoms with Crippen LogP contribution in [-0.4, -0.2) is 41.7 Å². The first-order valence-corrected chi connectivity index (χ1v) is 9.60. The zero-order chi connectivity index (χ0) is 19.0. The Bertz CT molecular complexity index is 1050. The predicted molar refractivity (Wildman–Crippen MR) is 103 cm³/mol. The Balaban J connectivity index is 1.76. The van der Waals surface area contributed by atoms with Gasteiger partial charge in [0.1, 0.15) is 5.82 Å². The van der Waals surface area contributed by atoms with Gasteiger partial charge in [0.05, 0.1) is 30.7 Å². The number of halogens is 1. The summed E-state index contributed by atoms with van der Waals surface area (Å²) in [5, 5.41) is 0.471. The summed E-state index contributed by atoms with van der Waals surface area (Å²) in [6.45, 7) is 4.30. The molecule has 1 aromatic carbocycles. The van der Waals surface area contributed by atoms with Crippen molar-refractivity contribution in [3.63, 3.8) is 0 Å². The number of rotatable bonds is 3. The maximum atomic E-state index is 13.1. The van der Waals surface area contributed by atoms with Crippen molar-refractivity contribution < 1.29 is 13.9 Å². The minimum absolute atomic E-state index is 0.112. The van der Waals surface area contributed by atoms with Gasteiger partial charge in [0.25, 0.3) is 11.5 Å². The van der Waals surface area contributed by atoms with E-state index in [1.807, 2.05) is 13.0 Å². The summed E-state index contributed by atoms with van der Waals surface area (Å²) < 4.78 is 20.8. The molecular formula is C20H19FN2O3S. The fourth-order valence-electron chi connectivity index (χ4n) is 3.36. The minimum atomic E-state index is -0.312. The van der Waals surface area contributed by atoms with Crippen molar-refractivity contribution >= 4 is 27.3 Å². The lowest BCUT2D eigenvalue weighted by atomic mass is 10.1. The second kappa shape index (κ2) is 7.25. The van der Waals surface area contributed by atoms with E-state index in [2.05, 4.69) is 0 Å². The Kier molecular flexibility index (Phi) is 4.80. The van der Waals surface area contributed by atoms with Crippen LogP contribution in [0.1, 0.15) is 20.8 Å². The van der Waals surface area contributed by atoms with E-state index in [0.29, 0.717) is 43.8 Å². The van der Waals surface area contributed by atoms with E-state index in [9.17, 15) is 14.0 Å². The molecule has 1 fully saturated rings. The molecule has 1 aliphatic rings. The number of aryl methyl sites for hydroxylation is 1. The van der Waals surface area contributed by atoms with Gasteiger partial charge in [-0.3, -0.25) is 9.59 Å². The first-order chi connectivity index (χ1) is 13.0. The highest BCUT2D eigenvalue weighted by Crippen LogP contribution is 2.29. The van der Waals surface area contributed by atoms with Gasteiger partial charge < -0.3 is 14.2 Å². The third-order valence-corrected chi connectivity index (χ3v) is 5.84. The number of ether oxygens (including phenoxy) is 1. The molecule has 3 aromatic rings. The van der Waals surface area contributed by atoms with Gasteiger partial charge in [-0.05, 0) is 30.7 Å². The molecule has 7 heteroatoms. The van der Waals surface area contributed by atoms with E-state index in [1.54, 1.807) is 27.8 Å². The van der Waals surface area contributed by atoms with Gasteiger partial charge in [-0.25, -0.2) is 4.39 Å². The fraction of sp³-hybridized carbons (Fsp3) is 0.300. The van der Waals surface area contributed by atoms with Crippen LogP contribution in [0.15, 0.2) is 41.3 Å². The summed E-state index contributed by atoms with van der Waals surface area (Å²) in [6.07, 6.45) is 1.73. The Hall–Kier alpha value is -2.51. The zero-order valence-electron chi connectivity index (χ0n) is 14.9. The lowest BCUT2D eigenvalue weighted by Crippen LogP contribution is -2.41. The molecule has 140 valence electrons. The molecule has 4 rings (SSSR count). The summed E-state index contributed by atoms with van der Waals surface area (Å²) in [5.74, 6) is -0.424. The van der Waals surface area contributed by atoms with E-state index >= 15 is 0 Å². The molecule has 27 heavy (non-hydrogen) atoms. The van der Waals surface area contributed by atoms with Gasteiger partial charge in [-0.15, -0.1) is 11.3 Å². The first kappa shape index (κ1) is 17.9. The van der Waals surface area contributed by atoms with Crippen molar-refractivity contribution in [3.05, 3.63) is 68.7 Å². The summed E-state index contributed by atoms with van der Waals surface area (Å²) in [4.78, 5) is 28.8. The fourth-order valence-corrected chi connectivity index (χ4v) is 4.40. The van der Waals surface area contributed by atoms with Crippen LogP contribution >= 0.6 is 11.3 Å². The monoisotopic (exact) mass is 386 g/mol. The van der Waals surface area contributed by atoms with Crippen LogP contribution in [0.3, 0.4) is 0 Å². The van der Waals surface area contributed by atoms with Gasteiger partial charge in [0.15, 0.2) is 0 Å². The largest absolute Gasteiger partial charge is 0.378 e. The van der Waals surface area contributed by atoms with Crippen LogP contribution < -0.4 is 5.56 Å². The van der Waals surface area contributed by atoms with Crippen molar-refractivity contribution in [2.45, 2.75) is 13.5 Å². The number of nitrogens with zero attached hydrogens (tertiary/aromatic N) is 2. The van der Waals surface area contributed by atoms with Gasteiger partial charge in [-0.2, -0.15) is 0 Å². The van der Waals surface area contributed by atoms with Gasteiger partial charge >= 0.3 is 0 Å². The van der Waals surface area contributed by atoms with E-state index in [4.69, 9.17) is 4.74 Å². The third-order valence-electron chi connectivity index (χ3n) is 4.77. The molecule has 0 atom stereocenters. The molecular weight excluding hydrogens is 367 g/mol. The quantitative estimate of drug-likeness (QED) is 0.695. The maximum Gasteiger partial charge on any atom is 0.260 e. The Morgan fingerprint density at radius 1 is 1.19 bits per heavy atom. The van der Waals surface area contributed by atoms with Crippen molar-refractivity contribution in [2.75, 3.05) is 26.3 Å². The molecule has 0 aliphatic carbocycles. The zero-order valence-corrected chi connectivity index (χ0v) is 15.7. The van der Waals surface area contributed by atoms with Crippen LogP contribution in [0.25, 0.3) is 10.1 Å². The van der Waals surface area contributed by atoms with Crippen LogP contribution in [0.2, 0.25) is 0 Å². The summed E-state index contributed by atoms with van der Waals surface area (Å²) in [5.41, 5.74) is 1.12. The highest BCUT2D eigenvalue weighted by molar-refractivity contribution is 7.19. The molecule has 0 unspecified atom stereocenters. The van der Waals surface area contributed by atoms with Gasteiger partial charge in [0.2, 0.25) is 0 Å². The number of benzene rings is 1. The van der Waals surface area contributed by atoms with E-state index in [1.165, 1.54) is 23.5 Å². The molecule has 0 saturated carbocycles. The summed E-state index contributed by atoms with van der Waals surface area (Å²) in [7, 11) is 0. The number of hydrogen-bond acceptors (Lipinski definition) is 4. The van der Waals surface area contributed by atoms with Crippen LogP contribution in [-0.2, 0) is 11.3 Å². The Labute approximate surface area is 159 Å². The van der Waals surface area contributed by atoms with Crippen molar-refractivity contribution in [2.24, 2.45) is 0 Å². The molecule has 1 aliphatic heterocycles. The smallest absolute Gasteiger partial charge is 0.260 e. The normalized spacial score (nSPS) is 14.7. The molecule has 0 radical (unpaired) electrons. The average Bonchev–Trinajstić information content (AvgIpc) is 3.02. The summed E-state index contributed by atoms with van der Waals surface area (Å²) in [6, 6.07) is 7.94. The number of aromatic nitrogens is 1. The van der Waals surface area contributed by atoms with Crippen molar-refractivity contribution in [3.8, 4) is 0 Å². The molecule has 1 saturated heterocycles. The number of thiophene rings is 1. The van der Waals surface area contributed by atoms with Crippen molar-refractivity contribution in [1.29, 1.82) is 0 Å².